The molecule has 126 valence electrons. The zero-order valence-corrected chi connectivity index (χ0v) is 13.3. The molecule has 1 aliphatic carbocycles. The van der Waals surface area contributed by atoms with Crippen LogP contribution in [0, 0.1) is 5.82 Å². The molecule has 1 amide bonds. The third-order valence-corrected chi connectivity index (χ3v) is 4.12. The lowest BCUT2D eigenvalue weighted by Crippen LogP contribution is -2.32. The Morgan fingerprint density at radius 2 is 2.04 bits per heavy atom. The fraction of sp³-hybridized carbons (Fsp3) is 0.333. The van der Waals surface area contributed by atoms with Gasteiger partial charge in [-0.3, -0.25) is 4.79 Å². The number of amides is 1. The van der Waals surface area contributed by atoms with Gasteiger partial charge in [0.05, 0.1) is 0 Å². The summed E-state index contributed by atoms with van der Waals surface area (Å²) in [5, 5.41) is 9.19. The summed E-state index contributed by atoms with van der Waals surface area (Å²) in [6.45, 7) is 1.90. The van der Waals surface area contributed by atoms with Gasteiger partial charge in [-0.2, -0.15) is 0 Å². The predicted molar refractivity (Wildman–Crippen MR) is 84.3 cm³/mol. The zero-order chi connectivity index (χ0) is 17.3. The molecule has 3 rings (SSSR count). The Kier molecular flexibility index (Phi) is 4.38. The zero-order valence-electron chi connectivity index (χ0n) is 13.3. The van der Waals surface area contributed by atoms with Gasteiger partial charge in [0.2, 0.25) is 0 Å². The molecular formula is C18H18FNO4. The van der Waals surface area contributed by atoms with E-state index in [1.807, 2.05) is 0 Å². The van der Waals surface area contributed by atoms with Crippen molar-refractivity contribution in [1.82, 2.24) is 4.90 Å². The first-order chi connectivity index (χ1) is 11.5. The molecule has 1 saturated carbocycles. The van der Waals surface area contributed by atoms with Gasteiger partial charge < -0.3 is 14.4 Å². The molecule has 1 N–H and O–H groups in total. The number of nitrogens with zero attached hydrogens (tertiary/aromatic N) is 1. The molecule has 1 fully saturated rings. The predicted octanol–water partition coefficient (Wildman–Crippen LogP) is 3.48. The van der Waals surface area contributed by atoms with Gasteiger partial charge in [0.25, 0.3) is 5.91 Å². The summed E-state index contributed by atoms with van der Waals surface area (Å²) < 4.78 is 19.3. The van der Waals surface area contributed by atoms with E-state index < -0.39 is 11.9 Å². The SMILES string of the molecule is CCc1oc(C(=O)N(Cc2ccccc2F)C2CC2)cc1C(=O)O. The highest BCUT2D eigenvalue weighted by Gasteiger charge is 2.35. The number of rotatable bonds is 6. The van der Waals surface area contributed by atoms with Gasteiger partial charge in [-0.15, -0.1) is 0 Å². The van der Waals surface area contributed by atoms with E-state index in [0.717, 1.165) is 12.8 Å². The van der Waals surface area contributed by atoms with Crippen molar-refractivity contribution in [2.24, 2.45) is 0 Å². The van der Waals surface area contributed by atoms with Crippen molar-refractivity contribution < 1.29 is 23.5 Å². The van der Waals surface area contributed by atoms with Crippen LogP contribution in [-0.4, -0.2) is 27.9 Å². The number of benzene rings is 1. The third kappa shape index (κ3) is 3.18. The summed E-state index contributed by atoms with van der Waals surface area (Å²) in [4.78, 5) is 25.6. The normalized spacial score (nSPS) is 13.8. The van der Waals surface area contributed by atoms with E-state index in [9.17, 15) is 19.1 Å². The molecule has 0 spiro atoms. The van der Waals surface area contributed by atoms with E-state index in [-0.39, 0.29) is 35.5 Å². The maximum atomic E-state index is 13.9. The highest BCUT2D eigenvalue weighted by atomic mass is 19.1. The molecule has 2 aromatic rings. The van der Waals surface area contributed by atoms with Crippen molar-refractivity contribution in [1.29, 1.82) is 0 Å². The number of aromatic carboxylic acids is 1. The van der Waals surface area contributed by atoms with E-state index >= 15 is 0 Å². The van der Waals surface area contributed by atoms with Gasteiger partial charge in [-0.1, -0.05) is 25.1 Å². The molecule has 6 heteroatoms. The average Bonchev–Trinajstić information content (AvgIpc) is 3.30. The summed E-state index contributed by atoms with van der Waals surface area (Å²) >= 11 is 0. The number of hydrogen-bond donors (Lipinski definition) is 1. The number of carboxylic acids is 1. The first-order valence-corrected chi connectivity index (χ1v) is 7.91. The maximum Gasteiger partial charge on any atom is 0.339 e. The van der Waals surface area contributed by atoms with E-state index in [2.05, 4.69) is 0 Å². The molecule has 0 atom stereocenters. The van der Waals surface area contributed by atoms with Crippen LogP contribution in [0.3, 0.4) is 0 Å². The Morgan fingerprint density at radius 1 is 1.33 bits per heavy atom. The number of hydrogen-bond acceptors (Lipinski definition) is 3. The van der Waals surface area contributed by atoms with Crippen molar-refractivity contribution >= 4 is 11.9 Å². The van der Waals surface area contributed by atoms with Crippen molar-refractivity contribution in [2.75, 3.05) is 0 Å². The van der Waals surface area contributed by atoms with Gasteiger partial charge in [0.1, 0.15) is 17.1 Å². The van der Waals surface area contributed by atoms with Gasteiger partial charge in [-0.05, 0) is 18.9 Å². The number of furan rings is 1. The van der Waals surface area contributed by atoms with Crippen LogP contribution in [0.2, 0.25) is 0 Å². The number of carbonyl (C=O) groups excluding carboxylic acids is 1. The molecule has 1 aliphatic rings. The number of carboxylic acid groups (broad SMARTS) is 1. The molecule has 24 heavy (non-hydrogen) atoms. The minimum atomic E-state index is -1.12. The lowest BCUT2D eigenvalue weighted by molar-refractivity contribution is 0.0683. The van der Waals surface area contributed by atoms with Gasteiger partial charge in [0.15, 0.2) is 5.76 Å². The summed E-state index contributed by atoms with van der Waals surface area (Å²) in [5.74, 6) is -1.62. The Labute approximate surface area is 138 Å². The second-order valence-electron chi connectivity index (χ2n) is 5.86. The second kappa shape index (κ2) is 6.47. The average molecular weight is 331 g/mol. The topological polar surface area (TPSA) is 70.8 Å². The quantitative estimate of drug-likeness (QED) is 0.879. The molecule has 5 nitrogen and oxygen atoms in total. The Bertz CT molecular complexity index is 779. The smallest absolute Gasteiger partial charge is 0.339 e. The van der Waals surface area contributed by atoms with E-state index in [1.165, 1.54) is 12.1 Å². The molecule has 1 aromatic carbocycles. The number of carbonyl (C=O) groups is 2. The standard InChI is InChI=1S/C18H18FNO4/c1-2-15-13(18(22)23)9-16(24-15)17(21)20(12-7-8-12)10-11-5-3-4-6-14(11)19/h3-6,9,12H,2,7-8,10H2,1H3,(H,22,23). The lowest BCUT2D eigenvalue weighted by Gasteiger charge is -2.21. The highest BCUT2D eigenvalue weighted by Crippen LogP contribution is 2.31. The van der Waals surface area contributed by atoms with Crippen molar-refractivity contribution in [3.63, 3.8) is 0 Å². The van der Waals surface area contributed by atoms with Crippen molar-refractivity contribution in [3.05, 3.63) is 58.8 Å². The summed E-state index contributed by atoms with van der Waals surface area (Å²) in [6.07, 6.45) is 2.09. The maximum absolute atomic E-state index is 13.9. The Hall–Kier alpha value is -2.63. The van der Waals surface area contributed by atoms with Crippen LogP contribution in [0.1, 0.15) is 52.0 Å². The summed E-state index contributed by atoms with van der Waals surface area (Å²) in [7, 11) is 0. The van der Waals surface area contributed by atoms with Crippen molar-refractivity contribution in [3.8, 4) is 0 Å². The van der Waals surface area contributed by atoms with Gasteiger partial charge >= 0.3 is 5.97 Å². The van der Waals surface area contributed by atoms with Gasteiger partial charge in [-0.25, -0.2) is 9.18 Å². The van der Waals surface area contributed by atoms with Crippen LogP contribution in [0.15, 0.2) is 34.7 Å². The minimum Gasteiger partial charge on any atom is -0.478 e. The van der Waals surface area contributed by atoms with Crippen LogP contribution in [0.25, 0.3) is 0 Å². The molecule has 0 bridgehead atoms. The highest BCUT2D eigenvalue weighted by molar-refractivity contribution is 5.96. The lowest BCUT2D eigenvalue weighted by atomic mass is 10.2. The fourth-order valence-corrected chi connectivity index (χ4v) is 2.68. The summed E-state index contributed by atoms with van der Waals surface area (Å²) in [5.41, 5.74) is 0.431. The van der Waals surface area contributed by atoms with Crippen LogP contribution >= 0.6 is 0 Å². The minimum absolute atomic E-state index is 0.00230. The number of halogens is 1. The molecule has 1 heterocycles. The third-order valence-electron chi connectivity index (χ3n) is 4.12. The van der Waals surface area contributed by atoms with Crippen LogP contribution in [-0.2, 0) is 13.0 Å². The first-order valence-electron chi connectivity index (χ1n) is 7.91. The van der Waals surface area contributed by atoms with Gasteiger partial charge in [0, 0.05) is 30.6 Å². The van der Waals surface area contributed by atoms with E-state index in [4.69, 9.17) is 4.42 Å². The van der Waals surface area contributed by atoms with Crippen LogP contribution < -0.4 is 0 Å². The van der Waals surface area contributed by atoms with Crippen LogP contribution in [0.5, 0.6) is 0 Å². The van der Waals surface area contributed by atoms with Crippen LogP contribution in [0.4, 0.5) is 4.39 Å². The molecule has 1 aromatic heterocycles. The Balaban J connectivity index is 1.88. The molecule has 0 radical (unpaired) electrons. The molecule has 0 unspecified atom stereocenters. The monoisotopic (exact) mass is 331 g/mol. The van der Waals surface area contributed by atoms with E-state index in [0.29, 0.717) is 12.0 Å². The van der Waals surface area contributed by atoms with E-state index in [1.54, 1.807) is 30.0 Å². The van der Waals surface area contributed by atoms with Crippen molar-refractivity contribution in [2.45, 2.75) is 38.8 Å². The molecule has 0 saturated heterocycles. The number of aryl methyl sites for hydroxylation is 1. The molecule has 0 aliphatic heterocycles. The fourth-order valence-electron chi connectivity index (χ4n) is 2.68. The Morgan fingerprint density at radius 3 is 2.58 bits per heavy atom. The second-order valence-corrected chi connectivity index (χ2v) is 5.86. The first kappa shape index (κ1) is 16.2. The largest absolute Gasteiger partial charge is 0.478 e. The summed E-state index contributed by atoms with van der Waals surface area (Å²) in [6, 6.07) is 7.62. The molecular weight excluding hydrogens is 313 g/mol.